The van der Waals surface area contributed by atoms with Crippen LogP contribution in [0.2, 0.25) is 0 Å². The predicted molar refractivity (Wildman–Crippen MR) is 126 cm³/mol. The molecular formula is C26H30N4O3. The van der Waals surface area contributed by atoms with Crippen molar-refractivity contribution >= 4 is 5.91 Å². The number of nitrogens with one attached hydrogen (secondary N) is 1. The highest BCUT2D eigenvalue weighted by Gasteiger charge is 2.16. The van der Waals surface area contributed by atoms with E-state index in [4.69, 9.17) is 14.5 Å². The molecule has 33 heavy (non-hydrogen) atoms. The van der Waals surface area contributed by atoms with Crippen molar-refractivity contribution in [2.24, 2.45) is 0 Å². The molecule has 1 N–H and O–H groups in total. The highest BCUT2D eigenvalue weighted by atomic mass is 16.5. The Morgan fingerprint density at radius 2 is 2.03 bits per heavy atom. The molecule has 1 saturated heterocycles. The first-order valence-electron chi connectivity index (χ1n) is 11.4. The molecule has 7 nitrogen and oxygen atoms in total. The summed E-state index contributed by atoms with van der Waals surface area (Å²) in [5.41, 5.74) is 4.57. The lowest BCUT2D eigenvalue weighted by Crippen LogP contribution is -2.28. The predicted octanol–water partition coefficient (Wildman–Crippen LogP) is 4.14. The first-order chi connectivity index (χ1) is 16.1. The van der Waals surface area contributed by atoms with Crippen molar-refractivity contribution in [3.8, 4) is 22.5 Å². The highest BCUT2D eigenvalue weighted by molar-refractivity contribution is 5.79. The summed E-state index contributed by atoms with van der Waals surface area (Å²) < 4.78 is 11.0. The van der Waals surface area contributed by atoms with Gasteiger partial charge >= 0.3 is 0 Å². The van der Waals surface area contributed by atoms with Gasteiger partial charge in [-0.05, 0) is 30.5 Å². The van der Waals surface area contributed by atoms with Crippen molar-refractivity contribution in [3.05, 3.63) is 66.2 Å². The number of ether oxygens (including phenoxy) is 2. The topological polar surface area (TPSA) is 86.2 Å². The third kappa shape index (κ3) is 6.21. The SMILES string of the molecule is CC(C)c1ncc(-c2ccccn2)c(-c2ccc(CNC(=O)COC[C@@H]3CCCO3)cc2)n1. The molecule has 0 saturated carbocycles. The summed E-state index contributed by atoms with van der Waals surface area (Å²) in [6, 6.07) is 13.9. The number of carbonyl (C=O) groups excluding carboxylic acids is 1. The van der Waals surface area contributed by atoms with E-state index in [0.29, 0.717) is 13.2 Å². The van der Waals surface area contributed by atoms with E-state index in [1.165, 1.54) is 0 Å². The molecule has 0 unspecified atom stereocenters. The molecule has 0 aliphatic carbocycles. The molecule has 0 bridgehead atoms. The molecule has 7 heteroatoms. The van der Waals surface area contributed by atoms with Crippen LogP contribution in [0.25, 0.3) is 22.5 Å². The summed E-state index contributed by atoms with van der Waals surface area (Å²) in [6.07, 6.45) is 5.81. The van der Waals surface area contributed by atoms with Crippen molar-refractivity contribution < 1.29 is 14.3 Å². The molecule has 1 aliphatic heterocycles. The van der Waals surface area contributed by atoms with E-state index >= 15 is 0 Å². The normalized spacial score (nSPS) is 15.7. The number of hydrogen-bond acceptors (Lipinski definition) is 6. The van der Waals surface area contributed by atoms with E-state index in [0.717, 1.165) is 53.4 Å². The maximum atomic E-state index is 12.1. The Labute approximate surface area is 194 Å². The van der Waals surface area contributed by atoms with Gasteiger partial charge in [0.15, 0.2) is 0 Å². The second kappa shape index (κ2) is 11.1. The number of aromatic nitrogens is 3. The lowest BCUT2D eigenvalue weighted by atomic mass is 10.0. The summed E-state index contributed by atoms with van der Waals surface area (Å²) in [5, 5.41) is 2.90. The summed E-state index contributed by atoms with van der Waals surface area (Å²) in [5.74, 6) is 0.884. The first-order valence-corrected chi connectivity index (χ1v) is 11.4. The lowest BCUT2D eigenvalue weighted by molar-refractivity contribution is -0.127. The smallest absolute Gasteiger partial charge is 0.246 e. The number of benzene rings is 1. The zero-order valence-electron chi connectivity index (χ0n) is 19.2. The van der Waals surface area contributed by atoms with Crippen LogP contribution in [0.15, 0.2) is 54.9 Å². The Bertz CT molecular complexity index is 1050. The van der Waals surface area contributed by atoms with Crippen LogP contribution < -0.4 is 5.32 Å². The van der Waals surface area contributed by atoms with E-state index in [1.807, 2.05) is 48.7 Å². The summed E-state index contributed by atoms with van der Waals surface area (Å²) in [4.78, 5) is 25.9. The van der Waals surface area contributed by atoms with E-state index in [-0.39, 0.29) is 24.5 Å². The summed E-state index contributed by atoms with van der Waals surface area (Å²) in [6.45, 7) is 5.90. The van der Waals surface area contributed by atoms with Gasteiger partial charge in [0.2, 0.25) is 5.91 Å². The number of nitrogens with zero attached hydrogens (tertiary/aromatic N) is 3. The Morgan fingerprint density at radius 3 is 2.73 bits per heavy atom. The molecule has 0 radical (unpaired) electrons. The van der Waals surface area contributed by atoms with Gasteiger partial charge in [-0.1, -0.05) is 44.2 Å². The number of pyridine rings is 1. The van der Waals surface area contributed by atoms with Gasteiger partial charge in [-0.2, -0.15) is 0 Å². The highest BCUT2D eigenvalue weighted by Crippen LogP contribution is 2.30. The first kappa shape index (κ1) is 23.0. The molecule has 2 aromatic heterocycles. The molecule has 172 valence electrons. The van der Waals surface area contributed by atoms with Crippen LogP contribution in [0.1, 0.15) is 44.0 Å². The van der Waals surface area contributed by atoms with Crippen LogP contribution in [0.5, 0.6) is 0 Å². The molecule has 1 aromatic carbocycles. The van der Waals surface area contributed by atoms with Crippen molar-refractivity contribution in [1.29, 1.82) is 0 Å². The summed E-state index contributed by atoms with van der Waals surface area (Å²) in [7, 11) is 0. The van der Waals surface area contributed by atoms with Gasteiger partial charge in [0.25, 0.3) is 0 Å². The van der Waals surface area contributed by atoms with Gasteiger partial charge in [-0.25, -0.2) is 9.97 Å². The number of hydrogen-bond donors (Lipinski definition) is 1. The average molecular weight is 447 g/mol. The fourth-order valence-corrected chi connectivity index (χ4v) is 3.69. The van der Waals surface area contributed by atoms with Gasteiger partial charge in [0.1, 0.15) is 12.4 Å². The van der Waals surface area contributed by atoms with E-state index in [1.54, 1.807) is 6.20 Å². The maximum Gasteiger partial charge on any atom is 0.246 e. The summed E-state index contributed by atoms with van der Waals surface area (Å²) >= 11 is 0. The van der Waals surface area contributed by atoms with Crippen LogP contribution >= 0.6 is 0 Å². The maximum absolute atomic E-state index is 12.1. The Morgan fingerprint density at radius 1 is 1.18 bits per heavy atom. The van der Waals surface area contributed by atoms with Crippen LogP contribution in [0.3, 0.4) is 0 Å². The van der Waals surface area contributed by atoms with Gasteiger partial charge in [0, 0.05) is 42.6 Å². The molecule has 4 rings (SSSR count). The van der Waals surface area contributed by atoms with Gasteiger partial charge in [-0.15, -0.1) is 0 Å². The second-order valence-corrected chi connectivity index (χ2v) is 8.48. The van der Waals surface area contributed by atoms with Crippen molar-refractivity contribution in [2.75, 3.05) is 19.8 Å². The van der Waals surface area contributed by atoms with Gasteiger partial charge < -0.3 is 14.8 Å². The number of carbonyl (C=O) groups is 1. The molecule has 1 aliphatic rings. The minimum atomic E-state index is -0.133. The molecule has 1 amide bonds. The molecule has 0 spiro atoms. The number of amides is 1. The third-order valence-electron chi connectivity index (χ3n) is 5.54. The van der Waals surface area contributed by atoms with E-state index in [2.05, 4.69) is 29.1 Å². The lowest BCUT2D eigenvalue weighted by Gasteiger charge is -2.13. The minimum Gasteiger partial charge on any atom is -0.376 e. The largest absolute Gasteiger partial charge is 0.376 e. The van der Waals surface area contributed by atoms with Crippen LogP contribution in [0.4, 0.5) is 0 Å². The second-order valence-electron chi connectivity index (χ2n) is 8.48. The molecule has 1 atom stereocenters. The van der Waals surface area contributed by atoms with Crippen molar-refractivity contribution in [1.82, 2.24) is 20.3 Å². The Hall–Kier alpha value is -3.16. The Kier molecular flexibility index (Phi) is 7.75. The molecule has 1 fully saturated rings. The fraction of sp³-hybridized carbons (Fsp3) is 0.385. The van der Waals surface area contributed by atoms with Crippen LogP contribution in [-0.2, 0) is 20.8 Å². The van der Waals surface area contributed by atoms with Crippen LogP contribution in [0, 0.1) is 0 Å². The van der Waals surface area contributed by atoms with Gasteiger partial charge in [-0.3, -0.25) is 9.78 Å². The zero-order valence-corrected chi connectivity index (χ0v) is 19.2. The van der Waals surface area contributed by atoms with Crippen molar-refractivity contribution in [2.45, 2.75) is 45.3 Å². The van der Waals surface area contributed by atoms with Crippen molar-refractivity contribution in [3.63, 3.8) is 0 Å². The monoisotopic (exact) mass is 446 g/mol. The number of rotatable bonds is 9. The average Bonchev–Trinajstić information content (AvgIpc) is 3.37. The minimum absolute atomic E-state index is 0.0459. The molecule has 3 aromatic rings. The van der Waals surface area contributed by atoms with Gasteiger partial charge in [0.05, 0.1) is 24.1 Å². The van der Waals surface area contributed by atoms with E-state index in [9.17, 15) is 4.79 Å². The quantitative estimate of drug-likeness (QED) is 0.532. The molecule has 3 heterocycles. The third-order valence-corrected chi connectivity index (χ3v) is 5.54. The molecular weight excluding hydrogens is 416 g/mol. The fourth-order valence-electron chi connectivity index (χ4n) is 3.69. The Balaban J connectivity index is 1.41. The van der Waals surface area contributed by atoms with Crippen LogP contribution in [-0.4, -0.2) is 46.8 Å². The zero-order chi connectivity index (χ0) is 23.0. The standard InChI is InChI=1S/C26H30N4O3/c1-18(2)26-29-15-22(23-7-3-4-12-27-23)25(30-26)20-10-8-19(9-11-20)14-28-24(31)17-32-16-21-6-5-13-33-21/h3-4,7-12,15,18,21H,5-6,13-14,16-17H2,1-2H3,(H,28,31)/t21-/m0/s1. The van der Waals surface area contributed by atoms with E-state index < -0.39 is 0 Å².